The largest absolute Gasteiger partial charge is 0.390 e. The maximum absolute atomic E-state index is 10.4. The van der Waals surface area contributed by atoms with Crippen molar-refractivity contribution < 1.29 is 9.84 Å². The van der Waals surface area contributed by atoms with E-state index in [1.165, 1.54) is 11.8 Å². The Bertz CT molecular complexity index is 947. The summed E-state index contributed by atoms with van der Waals surface area (Å²) in [7, 11) is 0. The van der Waals surface area contributed by atoms with Crippen LogP contribution in [0.2, 0.25) is 5.02 Å². The Labute approximate surface area is 185 Å². The second kappa shape index (κ2) is 10.3. The minimum atomic E-state index is -0.606. The fourth-order valence-electron chi connectivity index (χ4n) is 3.43. The van der Waals surface area contributed by atoms with Crippen LogP contribution in [0, 0.1) is 0 Å². The number of thioether (sulfide) groups is 1. The van der Waals surface area contributed by atoms with Gasteiger partial charge in [0.25, 0.3) is 0 Å². The number of benzene rings is 2. The third-order valence-electron chi connectivity index (χ3n) is 4.93. The normalized spacial score (nSPS) is 14.9. The highest BCUT2D eigenvalue weighted by atomic mass is 35.5. The van der Waals surface area contributed by atoms with Crippen molar-refractivity contribution in [3.63, 3.8) is 0 Å². The number of rotatable bonds is 9. The van der Waals surface area contributed by atoms with E-state index in [9.17, 15) is 5.11 Å². The minimum Gasteiger partial charge on any atom is -0.390 e. The zero-order valence-electron chi connectivity index (χ0n) is 16.7. The number of anilines is 1. The van der Waals surface area contributed by atoms with Gasteiger partial charge in [0, 0.05) is 18.8 Å². The van der Waals surface area contributed by atoms with E-state index in [0.29, 0.717) is 22.5 Å². The molecule has 4 rings (SSSR count). The van der Waals surface area contributed by atoms with Crippen molar-refractivity contribution in [1.82, 2.24) is 14.8 Å². The highest BCUT2D eigenvalue weighted by molar-refractivity contribution is 7.99. The topological polar surface area (TPSA) is 63.4 Å². The summed E-state index contributed by atoms with van der Waals surface area (Å²) < 4.78 is 7.65. The minimum absolute atomic E-state index is 0.265. The van der Waals surface area contributed by atoms with Gasteiger partial charge in [0.05, 0.1) is 30.0 Å². The SMILES string of the molecule is OC(COCc1ccccc1)CSc1nnc(N2CCCC2)n1-c1ccccc1Cl. The van der Waals surface area contributed by atoms with Gasteiger partial charge in [-0.15, -0.1) is 10.2 Å². The Hall–Kier alpha value is -2.06. The molecule has 1 unspecified atom stereocenters. The van der Waals surface area contributed by atoms with Crippen LogP contribution in [0.4, 0.5) is 5.95 Å². The molecule has 1 aliphatic rings. The molecule has 8 heteroatoms. The highest BCUT2D eigenvalue weighted by Gasteiger charge is 2.24. The lowest BCUT2D eigenvalue weighted by molar-refractivity contribution is 0.0398. The summed E-state index contributed by atoms with van der Waals surface area (Å²) in [5, 5.41) is 20.6. The molecule has 0 radical (unpaired) electrons. The molecular formula is C22H25ClN4O2S. The van der Waals surface area contributed by atoms with E-state index in [-0.39, 0.29) is 6.61 Å². The summed E-state index contributed by atoms with van der Waals surface area (Å²) in [6.45, 7) is 2.67. The molecule has 2 heterocycles. The first-order chi connectivity index (χ1) is 14.7. The lowest BCUT2D eigenvalue weighted by Gasteiger charge is -2.19. The molecule has 1 N–H and O–H groups in total. The number of hydrogen-bond acceptors (Lipinski definition) is 6. The molecule has 2 aromatic carbocycles. The first kappa shape index (κ1) is 21.2. The van der Waals surface area contributed by atoms with Crippen molar-refractivity contribution in [2.75, 3.05) is 30.3 Å². The van der Waals surface area contributed by atoms with Crippen LogP contribution in [0.25, 0.3) is 5.69 Å². The standard InChI is InChI=1S/C22H25ClN4O2S/c23-19-10-4-5-11-20(19)27-21(26-12-6-7-13-26)24-25-22(27)30-16-18(28)15-29-14-17-8-2-1-3-9-17/h1-5,8-11,18,28H,6-7,12-16H2. The zero-order chi connectivity index (χ0) is 20.8. The van der Waals surface area contributed by atoms with E-state index in [1.807, 2.05) is 59.2 Å². The summed E-state index contributed by atoms with van der Waals surface area (Å²) in [5.41, 5.74) is 1.94. The van der Waals surface area contributed by atoms with Gasteiger partial charge >= 0.3 is 0 Å². The fraction of sp³-hybridized carbons (Fsp3) is 0.364. The molecule has 158 valence electrons. The lowest BCUT2D eigenvalue weighted by Crippen LogP contribution is -2.22. The summed E-state index contributed by atoms with van der Waals surface area (Å²) in [6, 6.07) is 17.6. The van der Waals surface area contributed by atoms with Crippen molar-refractivity contribution >= 4 is 29.3 Å². The van der Waals surface area contributed by atoms with Crippen LogP contribution in [0.3, 0.4) is 0 Å². The molecule has 0 saturated carbocycles. The smallest absolute Gasteiger partial charge is 0.232 e. The Morgan fingerprint density at radius 3 is 2.53 bits per heavy atom. The van der Waals surface area contributed by atoms with Crippen LogP contribution in [0.5, 0.6) is 0 Å². The average Bonchev–Trinajstić information content (AvgIpc) is 3.43. The molecule has 1 atom stereocenters. The molecule has 1 aliphatic heterocycles. The van der Waals surface area contributed by atoms with Gasteiger partial charge in [-0.3, -0.25) is 4.57 Å². The number of nitrogens with zero attached hydrogens (tertiary/aromatic N) is 4. The molecule has 30 heavy (non-hydrogen) atoms. The van der Waals surface area contributed by atoms with Crippen LogP contribution in [0.1, 0.15) is 18.4 Å². The lowest BCUT2D eigenvalue weighted by atomic mass is 10.2. The average molecular weight is 445 g/mol. The third-order valence-corrected chi connectivity index (χ3v) is 6.32. The predicted molar refractivity (Wildman–Crippen MR) is 121 cm³/mol. The van der Waals surface area contributed by atoms with Gasteiger partial charge in [0.15, 0.2) is 5.16 Å². The Morgan fingerprint density at radius 2 is 1.77 bits per heavy atom. The van der Waals surface area contributed by atoms with Crippen LogP contribution >= 0.6 is 23.4 Å². The molecule has 0 spiro atoms. The van der Waals surface area contributed by atoms with Gasteiger partial charge in [-0.05, 0) is 30.5 Å². The van der Waals surface area contributed by atoms with Gasteiger partial charge in [-0.2, -0.15) is 0 Å². The molecule has 1 aromatic heterocycles. The zero-order valence-corrected chi connectivity index (χ0v) is 18.2. The van der Waals surface area contributed by atoms with Gasteiger partial charge in [0.2, 0.25) is 5.95 Å². The Morgan fingerprint density at radius 1 is 1.03 bits per heavy atom. The van der Waals surface area contributed by atoms with Crippen LogP contribution in [0.15, 0.2) is 59.8 Å². The van der Waals surface area contributed by atoms with Crippen LogP contribution in [-0.2, 0) is 11.3 Å². The van der Waals surface area contributed by atoms with Crippen molar-refractivity contribution in [2.24, 2.45) is 0 Å². The van der Waals surface area contributed by atoms with E-state index in [4.69, 9.17) is 16.3 Å². The van der Waals surface area contributed by atoms with Crippen molar-refractivity contribution in [2.45, 2.75) is 30.7 Å². The first-order valence-corrected chi connectivity index (χ1v) is 11.5. The summed E-state index contributed by atoms with van der Waals surface area (Å²) in [5.74, 6) is 1.26. The number of aliphatic hydroxyl groups is 1. The molecule has 1 saturated heterocycles. The molecule has 0 bridgehead atoms. The van der Waals surface area contributed by atoms with Crippen molar-refractivity contribution in [3.8, 4) is 5.69 Å². The van der Waals surface area contributed by atoms with E-state index < -0.39 is 6.10 Å². The molecule has 3 aromatic rings. The number of aromatic nitrogens is 3. The third kappa shape index (κ3) is 5.16. The second-order valence-electron chi connectivity index (χ2n) is 7.23. The van der Waals surface area contributed by atoms with Crippen LogP contribution in [-0.4, -0.2) is 51.4 Å². The van der Waals surface area contributed by atoms with E-state index in [0.717, 1.165) is 43.1 Å². The summed E-state index contributed by atoms with van der Waals surface area (Å²) in [4.78, 5) is 2.24. The number of halogens is 1. The monoisotopic (exact) mass is 444 g/mol. The van der Waals surface area contributed by atoms with Gasteiger partial charge in [-0.25, -0.2) is 0 Å². The molecule has 0 aliphatic carbocycles. The molecular weight excluding hydrogens is 420 g/mol. The second-order valence-corrected chi connectivity index (χ2v) is 8.62. The quantitative estimate of drug-likeness (QED) is 0.499. The van der Waals surface area contributed by atoms with Crippen molar-refractivity contribution in [1.29, 1.82) is 0 Å². The summed E-state index contributed by atoms with van der Waals surface area (Å²) in [6.07, 6.45) is 1.69. The molecule has 0 amide bonds. The van der Waals surface area contributed by atoms with Crippen LogP contribution < -0.4 is 4.90 Å². The summed E-state index contributed by atoms with van der Waals surface area (Å²) >= 11 is 7.94. The molecule has 6 nitrogen and oxygen atoms in total. The maximum Gasteiger partial charge on any atom is 0.232 e. The maximum atomic E-state index is 10.4. The Kier molecular flexibility index (Phi) is 7.28. The fourth-order valence-corrected chi connectivity index (χ4v) is 4.49. The van der Waals surface area contributed by atoms with Gasteiger partial charge in [-0.1, -0.05) is 65.8 Å². The first-order valence-electron chi connectivity index (χ1n) is 10.1. The van der Waals surface area contributed by atoms with Gasteiger partial charge < -0.3 is 14.7 Å². The molecule has 1 fully saturated rings. The van der Waals surface area contributed by atoms with Crippen molar-refractivity contribution in [3.05, 3.63) is 65.2 Å². The number of para-hydroxylation sites is 1. The van der Waals surface area contributed by atoms with E-state index >= 15 is 0 Å². The van der Waals surface area contributed by atoms with Gasteiger partial charge in [0.1, 0.15) is 0 Å². The number of hydrogen-bond donors (Lipinski definition) is 1. The van der Waals surface area contributed by atoms with E-state index in [2.05, 4.69) is 15.1 Å². The highest BCUT2D eigenvalue weighted by Crippen LogP contribution is 2.32. The Balaban J connectivity index is 1.42. The predicted octanol–water partition coefficient (Wildman–Crippen LogP) is 4.19. The number of ether oxygens (including phenoxy) is 1. The van der Waals surface area contributed by atoms with E-state index in [1.54, 1.807) is 0 Å². The number of aliphatic hydroxyl groups excluding tert-OH is 1.